The van der Waals surface area contributed by atoms with Crippen LogP contribution >= 0.6 is 11.6 Å². The third kappa shape index (κ3) is 3.27. The summed E-state index contributed by atoms with van der Waals surface area (Å²) in [4.78, 5) is 4.29. The largest absolute Gasteiger partial charge is 0.493 e. The number of alkyl halides is 1. The van der Waals surface area contributed by atoms with Crippen LogP contribution in [-0.4, -0.2) is 23.5 Å². The Morgan fingerprint density at radius 3 is 2.88 bits per heavy atom. The zero-order valence-electron chi connectivity index (χ0n) is 10.1. The standard InChI is InChI=1S/C12H19ClN2O/c1-4-12(2,7-8-13)15-11-10(16-3)6-5-9-14-11/h5-6,9H,4,7-8H2,1-3H3,(H,14,15). The van der Waals surface area contributed by atoms with E-state index < -0.39 is 0 Å². The number of methoxy groups -OCH3 is 1. The Hall–Kier alpha value is -0.960. The Kier molecular flexibility index (Phi) is 4.87. The predicted octanol–water partition coefficient (Wildman–Crippen LogP) is 3.30. The van der Waals surface area contributed by atoms with Gasteiger partial charge < -0.3 is 10.1 Å². The van der Waals surface area contributed by atoms with Crippen LogP contribution in [0.25, 0.3) is 0 Å². The topological polar surface area (TPSA) is 34.2 Å². The average molecular weight is 243 g/mol. The van der Waals surface area contributed by atoms with Crippen LogP contribution in [0.15, 0.2) is 18.3 Å². The van der Waals surface area contributed by atoms with Crippen LogP contribution in [0.5, 0.6) is 5.75 Å². The van der Waals surface area contributed by atoms with Gasteiger partial charge in [0.15, 0.2) is 11.6 Å². The molecule has 1 unspecified atom stereocenters. The SMILES string of the molecule is CCC(C)(CCCl)Nc1ncccc1OC. The Morgan fingerprint density at radius 1 is 1.56 bits per heavy atom. The van der Waals surface area contributed by atoms with Crippen LogP contribution in [0.2, 0.25) is 0 Å². The monoisotopic (exact) mass is 242 g/mol. The van der Waals surface area contributed by atoms with Gasteiger partial charge in [-0.25, -0.2) is 4.98 Å². The summed E-state index contributed by atoms with van der Waals surface area (Å²) in [6.45, 7) is 4.28. The lowest BCUT2D eigenvalue weighted by Crippen LogP contribution is -2.35. The number of nitrogens with zero attached hydrogens (tertiary/aromatic N) is 1. The molecule has 3 nitrogen and oxygen atoms in total. The van der Waals surface area contributed by atoms with Gasteiger partial charge in [0.1, 0.15) is 0 Å². The van der Waals surface area contributed by atoms with Crippen molar-refractivity contribution < 1.29 is 4.74 Å². The van der Waals surface area contributed by atoms with E-state index in [0.717, 1.165) is 24.4 Å². The highest BCUT2D eigenvalue weighted by Gasteiger charge is 2.22. The number of anilines is 1. The Bertz CT molecular complexity index is 333. The number of nitrogens with one attached hydrogen (secondary N) is 1. The van der Waals surface area contributed by atoms with Crippen LogP contribution in [-0.2, 0) is 0 Å². The minimum absolute atomic E-state index is 0.0383. The minimum atomic E-state index is -0.0383. The van der Waals surface area contributed by atoms with E-state index in [4.69, 9.17) is 16.3 Å². The van der Waals surface area contributed by atoms with E-state index in [-0.39, 0.29) is 5.54 Å². The molecule has 4 heteroatoms. The summed E-state index contributed by atoms with van der Waals surface area (Å²) in [7, 11) is 1.65. The molecule has 0 bridgehead atoms. The first-order valence-electron chi connectivity index (χ1n) is 5.48. The minimum Gasteiger partial charge on any atom is -0.493 e. The van der Waals surface area contributed by atoms with Gasteiger partial charge in [0.2, 0.25) is 0 Å². The van der Waals surface area contributed by atoms with Gasteiger partial charge in [-0.1, -0.05) is 6.92 Å². The van der Waals surface area contributed by atoms with E-state index in [9.17, 15) is 0 Å². The van der Waals surface area contributed by atoms with Crippen LogP contribution < -0.4 is 10.1 Å². The van der Waals surface area contributed by atoms with Crippen molar-refractivity contribution in [2.75, 3.05) is 18.3 Å². The molecule has 90 valence electrons. The van der Waals surface area contributed by atoms with Crippen LogP contribution in [0, 0.1) is 0 Å². The normalized spacial score (nSPS) is 14.2. The summed E-state index contributed by atoms with van der Waals surface area (Å²) >= 11 is 5.81. The maximum Gasteiger partial charge on any atom is 0.169 e. The molecule has 0 aromatic carbocycles. The molecule has 16 heavy (non-hydrogen) atoms. The summed E-state index contributed by atoms with van der Waals surface area (Å²) in [6.07, 6.45) is 3.63. The van der Waals surface area contributed by atoms with Gasteiger partial charge in [-0.2, -0.15) is 0 Å². The zero-order chi connectivity index (χ0) is 12.0. The van der Waals surface area contributed by atoms with Gasteiger partial charge in [0.25, 0.3) is 0 Å². The number of hydrogen-bond acceptors (Lipinski definition) is 3. The summed E-state index contributed by atoms with van der Waals surface area (Å²) in [5, 5.41) is 3.40. The van der Waals surface area contributed by atoms with Gasteiger partial charge in [-0.05, 0) is 31.9 Å². The number of pyridine rings is 1. The molecule has 0 aliphatic rings. The summed E-state index contributed by atoms with van der Waals surface area (Å²) in [6, 6.07) is 3.75. The number of halogens is 1. The lowest BCUT2D eigenvalue weighted by molar-refractivity contribution is 0.409. The zero-order valence-corrected chi connectivity index (χ0v) is 10.8. The number of aromatic nitrogens is 1. The van der Waals surface area contributed by atoms with Gasteiger partial charge in [0.05, 0.1) is 7.11 Å². The molecule has 0 aliphatic heterocycles. The molecular formula is C12H19ClN2O. The molecule has 0 radical (unpaired) electrons. The van der Waals surface area contributed by atoms with Crippen molar-refractivity contribution in [2.45, 2.75) is 32.2 Å². The molecule has 1 atom stereocenters. The predicted molar refractivity (Wildman–Crippen MR) is 68.4 cm³/mol. The fraction of sp³-hybridized carbons (Fsp3) is 0.583. The third-order valence-electron chi connectivity index (χ3n) is 2.84. The fourth-order valence-corrected chi connectivity index (χ4v) is 1.89. The quantitative estimate of drug-likeness (QED) is 0.778. The van der Waals surface area contributed by atoms with Crippen molar-refractivity contribution in [3.05, 3.63) is 18.3 Å². The first-order valence-corrected chi connectivity index (χ1v) is 6.02. The second-order valence-corrected chi connectivity index (χ2v) is 4.41. The summed E-state index contributed by atoms with van der Waals surface area (Å²) in [5.41, 5.74) is -0.0383. The fourth-order valence-electron chi connectivity index (χ4n) is 1.47. The first kappa shape index (κ1) is 13.1. The second kappa shape index (κ2) is 5.94. The summed E-state index contributed by atoms with van der Waals surface area (Å²) < 4.78 is 5.26. The maximum absolute atomic E-state index is 5.81. The molecule has 0 saturated carbocycles. The molecule has 0 aliphatic carbocycles. The molecular weight excluding hydrogens is 224 g/mol. The van der Waals surface area contributed by atoms with E-state index in [1.54, 1.807) is 13.3 Å². The molecule has 0 saturated heterocycles. The number of hydrogen-bond donors (Lipinski definition) is 1. The third-order valence-corrected chi connectivity index (χ3v) is 3.03. The molecule has 1 aromatic rings. The van der Waals surface area contributed by atoms with Gasteiger partial charge in [0, 0.05) is 17.6 Å². The van der Waals surface area contributed by atoms with Crippen LogP contribution in [0.3, 0.4) is 0 Å². The van der Waals surface area contributed by atoms with Crippen LogP contribution in [0.4, 0.5) is 5.82 Å². The number of rotatable bonds is 6. The first-order chi connectivity index (χ1) is 7.65. The molecule has 1 aromatic heterocycles. The Balaban J connectivity index is 2.85. The molecule has 0 spiro atoms. The smallest absolute Gasteiger partial charge is 0.169 e. The van der Waals surface area contributed by atoms with E-state index in [0.29, 0.717) is 5.88 Å². The van der Waals surface area contributed by atoms with E-state index >= 15 is 0 Å². The molecule has 1 rings (SSSR count). The van der Waals surface area contributed by atoms with Crippen molar-refractivity contribution in [1.82, 2.24) is 4.98 Å². The van der Waals surface area contributed by atoms with Crippen molar-refractivity contribution in [3.8, 4) is 5.75 Å². The van der Waals surface area contributed by atoms with E-state index in [1.807, 2.05) is 12.1 Å². The molecule has 0 amide bonds. The summed E-state index contributed by atoms with van der Waals surface area (Å²) in [5.74, 6) is 2.17. The van der Waals surface area contributed by atoms with Gasteiger partial charge in [-0.15, -0.1) is 11.6 Å². The van der Waals surface area contributed by atoms with E-state index in [2.05, 4.69) is 24.1 Å². The van der Waals surface area contributed by atoms with Crippen molar-refractivity contribution in [2.24, 2.45) is 0 Å². The molecule has 1 heterocycles. The number of ether oxygens (including phenoxy) is 1. The highest BCUT2D eigenvalue weighted by Crippen LogP contribution is 2.27. The Morgan fingerprint density at radius 2 is 2.31 bits per heavy atom. The second-order valence-electron chi connectivity index (χ2n) is 4.03. The van der Waals surface area contributed by atoms with E-state index in [1.165, 1.54) is 0 Å². The lowest BCUT2D eigenvalue weighted by Gasteiger charge is -2.30. The highest BCUT2D eigenvalue weighted by molar-refractivity contribution is 6.17. The maximum atomic E-state index is 5.81. The molecule has 1 N–H and O–H groups in total. The van der Waals surface area contributed by atoms with Crippen molar-refractivity contribution >= 4 is 17.4 Å². The average Bonchev–Trinajstić information content (AvgIpc) is 2.30. The Labute approximate surface area is 102 Å². The van der Waals surface area contributed by atoms with Crippen molar-refractivity contribution in [3.63, 3.8) is 0 Å². The van der Waals surface area contributed by atoms with Gasteiger partial charge >= 0.3 is 0 Å². The lowest BCUT2D eigenvalue weighted by atomic mass is 9.95. The van der Waals surface area contributed by atoms with Crippen molar-refractivity contribution in [1.29, 1.82) is 0 Å². The van der Waals surface area contributed by atoms with Crippen LogP contribution in [0.1, 0.15) is 26.7 Å². The van der Waals surface area contributed by atoms with Gasteiger partial charge in [-0.3, -0.25) is 0 Å². The molecule has 0 fully saturated rings. The highest BCUT2D eigenvalue weighted by atomic mass is 35.5.